The number of carboxylic acid groups (broad SMARTS) is 1. The van der Waals surface area contributed by atoms with E-state index in [0.717, 1.165) is 0 Å². The Morgan fingerprint density at radius 3 is 2.63 bits per heavy atom. The number of hydrogen-bond donors (Lipinski definition) is 1. The molecule has 19 heavy (non-hydrogen) atoms. The van der Waals surface area contributed by atoms with Crippen molar-refractivity contribution in [2.24, 2.45) is 0 Å². The molecular weight excluding hydrogens is 248 g/mol. The van der Waals surface area contributed by atoms with Crippen molar-refractivity contribution < 1.29 is 18.7 Å². The van der Waals surface area contributed by atoms with Crippen LogP contribution in [0.2, 0.25) is 0 Å². The fourth-order valence-electron chi connectivity index (χ4n) is 1.89. The minimum atomic E-state index is -1.00. The normalized spacial score (nSPS) is 11.1. The van der Waals surface area contributed by atoms with Crippen LogP contribution in [0.1, 0.15) is 21.9 Å². The summed E-state index contributed by atoms with van der Waals surface area (Å²) >= 11 is 0. The number of oxazole rings is 2. The molecule has 3 aromatic rings. The van der Waals surface area contributed by atoms with Gasteiger partial charge in [0.2, 0.25) is 5.76 Å². The smallest absolute Gasteiger partial charge is 0.335 e. The minimum Gasteiger partial charge on any atom is -0.478 e. The van der Waals surface area contributed by atoms with E-state index in [-0.39, 0.29) is 5.56 Å². The highest BCUT2D eigenvalue weighted by Gasteiger charge is 2.17. The third-order valence-corrected chi connectivity index (χ3v) is 2.73. The minimum absolute atomic E-state index is 0.165. The first-order valence-corrected chi connectivity index (χ1v) is 5.63. The van der Waals surface area contributed by atoms with Crippen LogP contribution in [0.25, 0.3) is 22.8 Å². The van der Waals surface area contributed by atoms with Gasteiger partial charge < -0.3 is 13.9 Å². The molecular formula is C13H10N2O4. The molecule has 0 aliphatic heterocycles. The SMILES string of the molecule is Cc1nc(C)c(-c2nc3cc(C(=O)O)ccc3o2)o1. The average Bonchev–Trinajstić information content (AvgIpc) is 2.90. The first-order valence-electron chi connectivity index (χ1n) is 5.63. The average molecular weight is 258 g/mol. The molecule has 2 aromatic heterocycles. The van der Waals surface area contributed by atoms with Crippen molar-refractivity contribution in [3.05, 3.63) is 35.3 Å². The maximum atomic E-state index is 10.9. The standard InChI is InChI=1S/C13H10N2O4/c1-6-11(18-7(2)14-6)12-15-9-5-8(13(16)17)3-4-10(9)19-12/h3-5H,1-2H3,(H,16,17). The van der Waals surface area contributed by atoms with E-state index in [0.29, 0.717) is 34.3 Å². The highest BCUT2D eigenvalue weighted by atomic mass is 16.4. The summed E-state index contributed by atoms with van der Waals surface area (Å²) in [6, 6.07) is 4.51. The van der Waals surface area contributed by atoms with E-state index in [1.165, 1.54) is 12.1 Å². The van der Waals surface area contributed by atoms with Crippen molar-refractivity contribution in [1.29, 1.82) is 0 Å². The highest BCUT2D eigenvalue weighted by Crippen LogP contribution is 2.27. The Labute approximate surface area is 107 Å². The molecule has 6 nitrogen and oxygen atoms in total. The molecule has 0 unspecified atom stereocenters. The molecule has 0 fully saturated rings. The van der Waals surface area contributed by atoms with E-state index in [1.54, 1.807) is 19.9 Å². The molecule has 0 radical (unpaired) electrons. The Kier molecular flexibility index (Phi) is 2.38. The molecule has 6 heteroatoms. The molecule has 1 N–H and O–H groups in total. The van der Waals surface area contributed by atoms with E-state index in [2.05, 4.69) is 9.97 Å². The van der Waals surface area contributed by atoms with Gasteiger partial charge in [0.05, 0.1) is 11.3 Å². The lowest BCUT2D eigenvalue weighted by Crippen LogP contribution is -1.94. The molecule has 0 amide bonds. The van der Waals surface area contributed by atoms with Crippen LogP contribution in [0, 0.1) is 13.8 Å². The number of benzene rings is 1. The fourth-order valence-corrected chi connectivity index (χ4v) is 1.89. The first-order chi connectivity index (χ1) is 9.04. The van der Waals surface area contributed by atoms with Crippen LogP contribution in [0.15, 0.2) is 27.0 Å². The summed E-state index contributed by atoms with van der Waals surface area (Å²) < 4.78 is 11.0. The van der Waals surface area contributed by atoms with Gasteiger partial charge in [0.1, 0.15) is 5.52 Å². The van der Waals surface area contributed by atoms with Crippen LogP contribution in [0.4, 0.5) is 0 Å². The predicted molar refractivity (Wildman–Crippen MR) is 65.9 cm³/mol. The van der Waals surface area contributed by atoms with Crippen molar-refractivity contribution in [2.75, 3.05) is 0 Å². The van der Waals surface area contributed by atoms with Gasteiger partial charge in [0.15, 0.2) is 11.5 Å². The van der Waals surface area contributed by atoms with Gasteiger partial charge in [-0.05, 0) is 25.1 Å². The zero-order chi connectivity index (χ0) is 13.6. The van der Waals surface area contributed by atoms with Crippen LogP contribution < -0.4 is 0 Å². The van der Waals surface area contributed by atoms with Crippen LogP contribution in [-0.4, -0.2) is 21.0 Å². The molecule has 96 valence electrons. The number of nitrogens with zero attached hydrogens (tertiary/aromatic N) is 2. The number of rotatable bonds is 2. The molecule has 2 heterocycles. The quantitative estimate of drug-likeness (QED) is 0.760. The molecule has 0 spiro atoms. The number of aromatic nitrogens is 2. The Balaban J connectivity index is 2.16. The lowest BCUT2D eigenvalue weighted by Gasteiger charge is -1.91. The number of aryl methyl sites for hydroxylation is 2. The fraction of sp³-hybridized carbons (Fsp3) is 0.154. The Hall–Kier alpha value is -2.63. The van der Waals surface area contributed by atoms with Crippen LogP contribution >= 0.6 is 0 Å². The van der Waals surface area contributed by atoms with Crippen molar-refractivity contribution in [1.82, 2.24) is 9.97 Å². The lowest BCUT2D eigenvalue weighted by atomic mass is 10.2. The second-order valence-electron chi connectivity index (χ2n) is 4.15. The zero-order valence-electron chi connectivity index (χ0n) is 10.3. The second-order valence-corrected chi connectivity index (χ2v) is 4.15. The van der Waals surface area contributed by atoms with Gasteiger partial charge in [-0.2, -0.15) is 0 Å². The maximum Gasteiger partial charge on any atom is 0.335 e. The summed E-state index contributed by atoms with van der Waals surface area (Å²) in [5.74, 6) is 0.292. The molecule has 0 saturated carbocycles. The monoisotopic (exact) mass is 258 g/mol. The molecule has 3 rings (SSSR count). The summed E-state index contributed by atoms with van der Waals surface area (Å²) in [6.07, 6.45) is 0. The topological polar surface area (TPSA) is 89.4 Å². The number of carbonyl (C=O) groups is 1. The molecule has 0 bridgehead atoms. The third-order valence-electron chi connectivity index (χ3n) is 2.73. The Morgan fingerprint density at radius 1 is 1.21 bits per heavy atom. The van der Waals surface area contributed by atoms with Gasteiger partial charge in [0, 0.05) is 6.92 Å². The molecule has 0 aliphatic rings. The van der Waals surface area contributed by atoms with E-state index < -0.39 is 5.97 Å². The molecule has 1 aromatic carbocycles. The largest absolute Gasteiger partial charge is 0.478 e. The van der Waals surface area contributed by atoms with Crippen molar-refractivity contribution in [3.8, 4) is 11.7 Å². The number of hydrogen-bond acceptors (Lipinski definition) is 5. The highest BCUT2D eigenvalue weighted by molar-refractivity contribution is 5.92. The van der Waals surface area contributed by atoms with Crippen molar-refractivity contribution in [2.45, 2.75) is 13.8 Å². The zero-order valence-corrected chi connectivity index (χ0v) is 10.3. The van der Waals surface area contributed by atoms with Gasteiger partial charge >= 0.3 is 5.97 Å². The van der Waals surface area contributed by atoms with Gasteiger partial charge in [-0.3, -0.25) is 0 Å². The van der Waals surface area contributed by atoms with Crippen molar-refractivity contribution in [3.63, 3.8) is 0 Å². The predicted octanol–water partition coefficient (Wildman–Crippen LogP) is 2.80. The number of aromatic carboxylic acids is 1. The summed E-state index contributed by atoms with van der Waals surface area (Å²) in [6.45, 7) is 3.53. The van der Waals surface area contributed by atoms with E-state index in [4.69, 9.17) is 13.9 Å². The van der Waals surface area contributed by atoms with Crippen molar-refractivity contribution >= 4 is 17.1 Å². The third kappa shape index (κ3) is 1.87. The maximum absolute atomic E-state index is 10.9. The Morgan fingerprint density at radius 2 is 2.00 bits per heavy atom. The second kappa shape index (κ2) is 3.94. The van der Waals surface area contributed by atoms with Gasteiger partial charge in [-0.1, -0.05) is 0 Å². The summed E-state index contributed by atoms with van der Waals surface area (Å²) in [4.78, 5) is 19.3. The Bertz CT molecular complexity index is 785. The molecule has 0 saturated heterocycles. The number of fused-ring (bicyclic) bond motifs is 1. The molecule has 0 aliphatic carbocycles. The van der Waals surface area contributed by atoms with E-state index in [9.17, 15) is 4.79 Å². The van der Waals surface area contributed by atoms with Crippen LogP contribution in [0.3, 0.4) is 0 Å². The van der Waals surface area contributed by atoms with E-state index >= 15 is 0 Å². The first kappa shape index (κ1) is 11.5. The summed E-state index contributed by atoms with van der Waals surface area (Å²) in [7, 11) is 0. The van der Waals surface area contributed by atoms with E-state index in [1.807, 2.05) is 0 Å². The molecule has 0 atom stereocenters. The number of carboxylic acids is 1. The van der Waals surface area contributed by atoms with Crippen LogP contribution in [0.5, 0.6) is 0 Å². The van der Waals surface area contributed by atoms with Crippen LogP contribution in [-0.2, 0) is 0 Å². The van der Waals surface area contributed by atoms with Gasteiger partial charge in [0.25, 0.3) is 5.89 Å². The lowest BCUT2D eigenvalue weighted by molar-refractivity contribution is 0.0697. The van der Waals surface area contributed by atoms with Gasteiger partial charge in [-0.15, -0.1) is 0 Å². The summed E-state index contributed by atoms with van der Waals surface area (Å²) in [5, 5.41) is 8.93. The summed E-state index contributed by atoms with van der Waals surface area (Å²) in [5.41, 5.74) is 1.83. The van der Waals surface area contributed by atoms with Gasteiger partial charge in [-0.25, -0.2) is 14.8 Å².